The second kappa shape index (κ2) is 14.3. The SMILES string of the molecule is CCCC[Si](C)(C)C(C)(C)O[Si](C)(C)C(C)(CC)CCCOCCOC(=O)CC(C)(C)CC(=O)O. The highest BCUT2D eigenvalue weighted by atomic mass is 28.4. The van der Waals surface area contributed by atoms with Gasteiger partial charge in [0.25, 0.3) is 0 Å². The second-order valence-corrected chi connectivity index (χ2v) is 22.8. The summed E-state index contributed by atoms with van der Waals surface area (Å²) >= 11 is 0. The highest BCUT2D eigenvalue weighted by molar-refractivity contribution is 6.82. The Labute approximate surface area is 218 Å². The lowest BCUT2D eigenvalue weighted by Gasteiger charge is -2.51. The largest absolute Gasteiger partial charge is 0.481 e. The molecule has 0 heterocycles. The van der Waals surface area contributed by atoms with Crippen molar-refractivity contribution in [2.45, 2.75) is 136 Å². The zero-order chi connectivity index (χ0) is 27.6. The van der Waals surface area contributed by atoms with Crippen LogP contribution in [0.15, 0.2) is 0 Å². The average Bonchev–Trinajstić information content (AvgIpc) is 2.68. The molecule has 0 aromatic heterocycles. The van der Waals surface area contributed by atoms with Gasteiger partial charge < -0.3 is 19.0 Å². The third-order valence-corrected chi connectivity index (χ3v) is 18.0. The van der Waals surface area contributed by atoms with E-state index >= 15 is 0 Å². The minimum Gasteiger partial charge on any atom is -0.481 e. The maximum absolute atomic E-state index is 12.0. The third kappa shape index (κ3) is 11.9. The van der Waals surface area contributed by atoms with Gasteiger partial charge in [-0.05, 0) is 50.2 Å². The van der Waals surface area contributed by atoms with Crippen molar-refractivity contribution in [2.24, 2.45) is 5.41 Å². The lowest BCUT2D eigenvalue weighted by Crippen LogP contribution is -2.59. The molecule has 0 amide bonds. The predicted octanol–water partition coefficient (Wildman–Crippen LogP) is 7.44. The van der Waals surface area contributed by atoms with Crippen molar-refractivity contribution < 1.29 is 28.6 Å². The van der Waals surface area contributed by atoms with E-state index in [4.69, 9.17) is 19.0 Å². The molecule has 0 radical (unpaired) electrons. The summed E-state index contributed by atoms with van der Waals surface area (Å²) in [4.78, 5) is 22.9. The fourth-order valence-electron chi connectivity index (χ4n) is 4.52. The topological polar surface area (TPSA) is 82.1 Å². The number of ether oxygens (including phenoxy) is 2. The van der Waals surface area contributed by atoms with Gasteiger partial charge in [-0.2, -0.15) is 0 Å². The van der Waals surface area contributed by atoms with Crippen molar-refractivity contribution in [3.05, 3.63) is 0 Å². The molecule has 0 bridgehead atoms. The third-order valence-electron chi connectivity index (χ3n) is 8.29. The van der Waals surface area contributed by atoms with Crippen LogP contribution in [0.4, 0.5) is 0 Å². The number of carbonyl (C=O) groups is 2. The Morgan fingerprint density at radius 1 is 0.857 bits per heavy atom. The quantitative estimate of drug-likeness (QED) is 0.106. The zero-order valence-corrected chi connectivity index (χ0v) is 26.8. The van der Waals surface area contributed by atoms with Gasteiger partial charge in [0.15, 0.2) is 8.32 Å². The number of carboxylic acids is 1. The summed E-state index contributed by atoms with van der Waals surface area (Å²) in [5.74, 6) is -1.29. The molecule has 1 unspecified atom stereocenters. The van der Waals surface area contributed by atoms with E-state index in [-0.39, 0.29) is 35.7 Å². The Bertz CT molecular complexity index is 660. The molecule has 208 valence electrons. The van der Waals surface area contributed by atoms with Crippen molar-refractivity contribution >= 4 is 28.3 Å². The first-order valence-corrected chi connectivity index (χ1v) is 19.6. The maximum atomic E-state index is 12.0. The number of carbonyl (C=O) groups excluding carboxylic acids is 1. The van der Waals surface area contributed by atoms with E-state index in [1.54, 1.807) is 13.8 Å². The number of esters is 1. The summed E-state index contributed by atoms with van der Waals surface area (Å²) in [5, 5.41) is 9.04. The summed E-state index contributed by atoms with van der Waals surface area (Å²) in [6.07, 6.45) is 5.63. The number of hydrogen-bond acceptors (Lipinski definition) is 5. The summed E-state index contributed by atoms with van der Waals surface area (Å²) < 4.78 is 18.1. The van der Waals surface area contributed by atoms with E-state index < -0.39 is 27.8 Å². The number of carboxylic acid groups (broad SMARTS) is 1. The van der Waals surface area contributed by atoms with Gasteiger partial charge in [0.1, 0.15) is 6.61 Å². The number of rotatable bonds is 19. The summed E-state index contributed by atoms with van der Waals surface area (Å²) in [6, 6.07) is 1.30. The van der Waals surface area contributed by atoms with Crippen molar-refractivity contribution in [3.8, 4) is 0 Å². The molecule has 0 spiro atoms. The van der Waals surface area contributed by atoms with Crippen molar-refractivity contribution in [2.75, 3.05) is 19.8 Å². The molecule has 0 aromatic rings. The molecule has 0 rings (SSSR count). The van der Waals surface area contributed by atoms with Gasteiger partial charge in [-0.15, -0.1) is 0 Å². The minimum absolute atomic E-state index is 0.0479. The maximum Gasteiger partial charge on any atom is 0.306 e. The van der Waals surface area contributed by atoms with E-state index in [2.05, 4.69) is 60.8 Å². The predicted molar refractivity (Wildman–Crippen MR) is 150 cm³/mol. The smallest absolute Gasteiger partial charge is 0.306 e. The van der Waals surface area contributed by atoms with E-state index in [1.165, 1.54) is 18.9 Å². The van der Waals surface area contributed by atoms with Crippen molar-refractivity contribution in [1.29, 1.82) is 0 Å². The van der Waals surface area contributed by atoms with Crippen LogP contribution in [0.3, 0.4) is 0 Å². The molecule has 0 fully saturated rings. The number of unbranched alkanes of at least 4 members (excludes halogenated alkanes) is 1. The van der Waals surface area contributed by atoms with Gasteiger partial charge in [-0.25, -0.2) is 0 Å². The van der Waals surface area contributed by atoms with Gasteiger partial charge in [-0.1, -0.05) is 73.0 Å². The Morgan fingerprint density at radius 2 is 1.46 bits per heavy atom. The fourth-order valence-corrected chi connectivity index (χ4v) is 11.4. The molecular formula is C27H56O6Si2. The molecule has 0 saturated carbocycles. The van der Waals surface area contributed by atoms with Crippen LogP contribution in [0.25, 0.3) is 0 Å². The Kier molecular flexibility index (Phi) is 14.0. The van der Waals surface area contributed by atoms with Crippen molar-refractivity contribution in [1.82, 2.24) is 0 Å². The zero-order valence-electron chi connectivity index (χ0n) is 24.8. The van der Waals surface area contributed by atoms with Gasteiger partial charge in [0, 0.05) is 11.8 Å². The molecule has 0 aromatic carbocycles. The highest BCUT2D eigenvalue weighted by Gasteiger charge is 2.50. The molecule has 0 aliphatic heterocycles. The first-order valence-electron chi connectivity index (χ1n) is 13.5. The molecule has 0 saturated heterocycles. The molecule has 6 nitrogen and oxygen atoms in total. The first-order chi connectivity index (χ1) is 15.8. The van der Waals surface area contributed by atoms with Crippen LogP contribution in [0, 0.1) is 5.41 Å². The van der Waals surface area contributed by atoms with Crippen LogP contribution in [-0.4, -0.2) is 58.5 Å². The molecule has 0 aliphatic rings. The fraction of sp³-hybridized carbons (Fsp3) is 0.926. The average molecular weight is 533 g/mol. The Balaban J connectivity index is 4.61. The van der Waals surface area contributed by atoms with Crippen LogP contribution in [-0.2, 0) is 23.5 Å². The number of hydrogen-bond donors (Lipinski definition) is 1. The van der Waals surface area contributed by atoms with Gasteiger partial charge in [0.05, 0.1) is 27.5 Å². The minimum atomic E-state index is -2.00. The van der Waals surface area contributed by atoms with Crippen LogP contribution in [0.2, 0.25) is 37.3 Å². The molecule has 0 aliphatic carbocycles. The van der Waals surface area contributed by atoms with Crippen LogP contribution >= 0.6 is 0 Å². The van der Waals surface area contributed by atoms with Crippen LogP contribution in [0.5, 0.6) is 0 Å². The van der Waals surface area contributed by atoms with E-state index in [0.29, 0.717) is 13.2 Å². The van der Waals surface area contributed by atoms with Gasteiger partial charge in [-0.3, -0.25) is 9.59 Å². The molecule has 8 heteroatoms. The van der Waals surface area contributed by atoms with E-state index in [9.17, 15) is 9.59 Å². The van der Waals surface area contributed by atoms with Gasteiger partial charge >= 0.3 is 11.9 Å². The van der Waals surface area contributed by atoms with Crippen molar-refractivity contribution in [3.63, 3.8) is 0 Å². The molecular weight excluding hydrogens is 476 g/mol. The molecule has 35 heavy (non-hydrogen) atoms. The van der Waals surface area contributed by atoms with Crippen LogP contribution < -0.4 is 0 Å². The molecule has 1 N–H and O–H groups in total. The second-order valence-electron chi connectivity index (χ2n) is 12.9. The first kappa shape index (κ1) is 34.3. The Hall–Kier alpha value is -0.706. The normalized spacial score (nSPS) is 15.1. The highest BCUT2D eigenvalue weighted by Crippen LogP contribution is 2.48. The number of aliphatic carboxylic acids is 1. The molecule has 1 atom stereocenters. The lowest BCUT2D eigenvalue weighted by molar-refractivity contribution is -0.148. The van der Waals surface area contributed by atoms with Gasteiger partial charge in [0.2, 0.25) is 0 Å². The van der Waals surface area contributed by atoms with E-state index in [0.717, 1.165) is 19.3 Å². The monoisotopic (exact) mass is 532 g/mol. The van der Waals surface area contributed by atoms with Crippen LogP contribution in [0.1, 0.15) is 93.4 Å². The van der Waals surface area contributed by atoms with E-state index in [1.807, 2.05) is 0 Å². The lowest BCUT2D eigenvalue weighted by atomic mass is 9.86. The Morgan fingerprint density at radius 3 is 1.97 bits per heavy atom. The summed E-state index contributed by atoms with van der Waals surface area (Å²) in [5.41, 5.74) is -0.616. The summed E-state index contributed by atoms with van der Waals surface area (Å²) in [7, 11) is -3.52. The summed E-state index contributed by atoms with van der Waals surface area (Å²) in [6.45, 7) is 26.0. The standard InChI is InChI=1S/C27H56O6Si2/c1-12-14-20-34(8,9)26(5,6)33-35(10,11)27(7,13-2)16-15-17-31-18-19-32-24(30)22-25(3,4)21-23(28)29/h12-22H2,1-11H3,(H,28,29).